The Bertz CT molecular complexity index is 541. The van der Waals surface area contributed by atoms with Crippen LogP contribution in [-0.4, -0.2) is 9.55 Å². The van der Waals surface area contributed by atoms with Crippen molar-refractivity contribution in [1.82, 2.24) is 9.55 Å². The molecule has 0 unspecified atom stereocenters. The minimum atomic E-state index is -0.498. The number of hydrogen-bond acceptors (Lipinski definition) is 2. The Labute approximate surface area is 110 Å². The van der Waals surface area contributed by atoms with E-state index in [0.29, 0.717) is 10.0 Å². The molecular weight excluding hydrogens is 257 g/mol. The molecule has 5 heteroatoms. The molecule has 0 bridgehead atoms. The highest BCUT2D eigenvalue weighted by Gasteiger charge is 2.20. The van der Waals surface area contributed by atoms with Gasteiger partial charge in [0.15, 0.2) is 0 Å². The first-order valence-electron chi connectivity index (χ1n) is 5.17. The first-order chi connectivity index (χ1) is 7.89. The van der Waals surface area contributed by atoms with Gasteiger partial charge in [-0.1, -0.05) is 23.2 Å². The lowest BCUT2D eigenvalue weighted by Crippen LogP contribution is -2.31. The minimum Gasteiger partial charge on any atom is -0.321 e. The number of nitrogens with zero attached hydrogens (tertiary/aromatic N) is 2. The molecule has 1 heterocycles. The van der Waals surface area contributed by atoms with E-state index in [-0.39, 0.29) is 0 Å². The number of rotatable bonds is 2. The van der Waals surface area contributed by atoms with E-state index in [9.17, 15) is 0 Å². The van der Waals surface area contributed by atoms with Crippen molar-refractivity contribution in [3.63, 3.8) is 0 Å². The van der Waals surface area contributed by atoms with Crippen LogP contribution < -0.4 is 5.73 Å². The van der Waals surface area contributed by atoms with E-state index >= 15 is 0 Å². The molecule has 1 aromatic carbocycles. The van der Waals surface area contributed by atoms with Crippen molar-refractivity contribution in [3.05, 3.63) is 46.5 Å². The topological polar surface area (TPSA) is 43.8 Å². The summed E-state index contributed by atoms with van der Waals surface area (Å²) >= 11 is 12.1. The van der Waals surface area contributed by atoms with Gasteiger partial charge in [0.1, 0.15) is 0 Å². The molecule has 3 nitrogen and oxygen atoms in total. The molecular formula is C12H13Cl2N3. The van der Waals surface area contributed by atoms with Crippen molar-refractivity contribution in [1.29, 1.82) is 0 Å². The van der Waals surface area contributed by atoms with Gasteiger partial charge in [0.2, 0.25) is 0 Å². The number of halogens is 2. The zero-order chi connectivity index (χ0) is 12.6. The normalized spacial score (nSPS) is 11.8. The first-order valence-corrected chi connectivity index (χ1v) is 5.92. The Kier molecular flexibility index (Phi) is 3.17. The van der Waals surface area contributed by atoms with Gasteiger partial charge in [-0.3, -0.25) is 4.57 Å². The van der Waals surface area contributed by atoms with Crippen LogP contribution in [0.1, 0.15) is 19.5 Å². The van der Waals surface area contributed by atoms with E-state index in [0.717, 1.165) is 11.4 Å². The summed E-state index contributed by atoms with van der Waals surface area (Å²) in [5.41, 5.74) is 7.25. The summed E-state index contributed by atoms with van der Waals surface area (Å²) in [5, 5.41) is 1.23. The molecule has 0 aliphatic rings. The fourth-order valence-electron chi connectivity index (χ4n) is 1.63. The Morgan fingerprint density at radius 1 is 1.29 bits per heavy atom. The van der Waals surface area contributed by atoms with Gasteiger partial charge in [-0.2, -0.15) is 0 Å². The summed E-state index contributed by atoms with van der Waals surface area (Å²) in [6.45, 7) is 3.83. The molecule has 0 amide bonds. The lowest BCUT2D eigenvalue weighted by atomic mass is 10.0. The average Bonchev–Trinajstić information content (AvgIpc) is 2.69. The second kappa shape index (κ2) is 4.33. The molecule has 1 aromatic heterocycles. The Hall–Kier alpha value is -1.03. The molecule has 0 radical (unpaired) electrons. The van der Waals surface area contributed by atoms with Gasteiger partial charge in [0.25, 0.3) is 0 Å². The molecule has 2 N–H and O–H groups in total. The molecule has 0 saturated heterocycles. The van der Waals surface area contributed by atoms with Gasteiger partial charge >= 0.3 is 0 Å². The van der Waals surface area contributed by atoms with E-state index in [1.807, 2.05) is 18.4 Å². The molecule has 0 fully saturated rings. The van der Waals surface area contributed by atoms with Crippen molar-refractivity contribution in [3.8, 4) is 5.69 Å². The van der Waals surface area contributed by atoms with Crippen molar-refractivity contribution < 1.29 is 0 Å². The van der Waals surface area contributed by atoms with Gasteiger partial charge in [-0.25, -0.2) is 4.98 Å². The average molecular weight is 270 g/mol. The number of hydrogen-bond donors (Lipinski definition) is 1. The van der Waals surface area contributed by atoms with E-state index in [4.69, 9.17) is 28.9 Å². The Morgan fingerprint density at radius 3 is 2.65 bits per heavy atom. The molecule has 0 spiro atoms. The summed E-state index contributed by atoms with van der Waals surface area (Å²) in [6, 6.07) is 5.30. The van der Waals surface area contributed by atoms with Gasteiger partial charge < -0.3 is 5.73 Å². The van der Waals surface area contributed by atoms with Crippen LogP contribution in [0.15, 0.2) is 30.7 Å². The fraction of sp³-hybridized carbons (Fsp3) is 0.250. The number of imidazole rings is 1. The van der Waals surface area contributed by atoms with Gasteiger partial charge in [0.05, 0.1) is 34.5 Å². The first kappa shape index (κ1) is 12.4. The lowest BCUT2D eigenvalue weighted by Gasteiger charge is -2.21. The maximum Gasteiger partial charge on any atom is 0.0995 e. The zero-order valence-corrected chi connectivity index (χ0v) is 11.1. The Balaban J connectivity index is 2.61. The van der Waals surface area contributed by atoms with Crippen LogP contribution >= 0.6 is 23.2 Å². The van der Waals surface area contributed by atoms with Crippen LogP contribution in [0, 0.1) is 0 Å². The molecule has 2 aromatic rings. The number of nitrogens with two attached hydrogens (primary N) is 1. The molecule has 0 aliphatic heterocycles. The predicted molar refractivity (Wildman–Crippen MR) is 70.8 cm³/mol. The monoisotopic (exact) mass is 269 g/mol. The molecule has 0 atom stereocenters. The van der Waals surface area contributed by atoms with E-state index in [2.05, 4.69) is 4.98 Å². The minimum absolute atomic E-state index is 0.498. The molecule has 90 valence electrons. The van der Waals surface area contributed by atoms with Crippen LogP contribution in [0.3, 0.4) is 0 Å². The van der Waals surface area contributed by atoms with Gasteiger partial charge in [0, 0.05) is 5.02 Å². The van der Waals surface area contributed by atoms with Crippen molar-refractivity contribution >= 4 is 23.2 Å². The van der Waals surface area contributed by atoms with Crippen LogP contribution in [0.5, 0.6) is 0 Å². The number of benzene rings is 1. The van der Waals surface area contributed by atoms with E-state index in [1.54, 1.807) is 30.7 Å². The van der Waals surface area contributed by atoms with E-state index < -0.39 is 5.54 Å². The second-order valence-corrected chi connectivity index (χ2v) is 5.31. The van der Waals surface area contributed by atoms with Crippen molar-refractivity contribution in [2.75, 3.05) is 0 Å². The third-order valence-electron chi connectivity index (χ3n) is 2.47. The summed E-state index contributed by atoms with van der Waals surface area (Å²) in [4.78, 5) is 4.12. The maximum atomic E-state index is 6.16. The van der Waals surface area contributed by atoms with Crippen LogP contribution in [-0.2, 0) is 5.54 Å². The van der Waals surface area contributed by atoms with Crippen molar-refractivity contribution in [2.45, 2.75) is 19.4 Å². The molecule has 0 aliphatic carbocycles. The molecule has 0 saturated carbocycles. The Morgan fingerprint density at radius 2 is 2.00 bits per heavy atom. The summed E-state index contributed by atoms with van der Waals surface area (Å²) in [6.07, 6.45) is 3.42. The lowest BCUT2D eigenvalue weighted by molar-refractivity contribution is 0.524. The predicted octanol–water partition coefficient (Wildman–Crippen LogP) is 3.37. The highest BCUT2D eigenvalue weighted by Crippen LogP contribution is 2.28. The molecule has 2 rings (SSSR count). The van der Waals surface area contributed by atoms with Crippen LogP contribution in [0.25, 0.3) is 5.69 Å². The highest BCUT2D eigenvalue weighted by atomic mass is 35.5. The largest absolute Gasteiger partial charge is 0.321 e. The molecule has 17 heavy (non-hydrogen) atoms. The quantitative estimate of drug-likeness (QED) is 0.909. The standard InChI is InChI=1S/C12H13Cl2N3/c1-12(2,15)11-6-16-7-17(11)10-5-8(13)3-4-9(10)14/h3-7H,15H2,1-2H3. The fourth-order valence-corrected chi connectivity index (χ4v) is 2.01. The maximum absolute atomic E-state index is 6.16. The van der Waals surface area contributed by atoms with Gasteiger partial charge in [-0.05, 0) is 32.0 Å². The number of aromatic nitrogens is 2. The van der Waals surface area contributed by atoms with Crippen LogP contribution in [0.4, 0.5) is 0 Å². The third-order valence-corrected chi connectivity index (χ3v) is 3.02. The van der Waals surface area contributed by atoms with Crippen molar-refractivity contribution in [2.24, 2.45) is 5.73 Å². The smallest absolute Gasteiger partial charge is 0.0995 e. The zero-order valence-electron chi connectivity index (χ0n) is 9.61. The summed E-state index contributed by atoms with van der Waals surface area (Å²) < 4.78 is 1.86. The summed E-state index contributed by atoms with van der Waals surface area (Å²) in [5.74, 6) is 0. The summed E-state index contributed by atoms with van der Waals surface area (Å²) in [7, 11) is 0. The highest BCUT2D eigenvalue weighted by molar-refractivity contribution is 6.34. The SMILES string of the molecule is CC(C)(N)c1cncn1-c1cc(Cl)ccc1Cl. The van der Waals surface area contributed by atoms with E-state index in [1.165, 1.54) is 0 Å². The van der Waals surface area contributed by atoms with Crippen LogP contribution in [0.2, 0.25) is 10.0 Å². The second-order valence-electron chi connectivity index (χ2n) is 4.47. The van der Waals surface area contributed by atoms with Gasteiger partial charge in [-0.15, -0.1) is 0 Å². The third kappa shape index (κ3) is 2.46.